The molecule has 0 aliphatic rings. The van der Waals surface area contributed by atoms with Gasteiger partial charge in [0.15, 0.2) is 17.5 Å². The van der Waals surface area contributed by atoms with Crippen LogP contribution in [0.5, 0.6) is 0 Å². The number of hydrogen-bond donors (Lipinski definition) is 0. The van der Waals surface area contributed by atoms with E-state index in [1.165, 1.54) is 30.3 Å². The van der Waals surface area contributed by atoms with Crippen LogP contribution in [0.15, 0.2) is 485 Å². The van der Waals surface area contributed by atoms with Crippen LogP contribution in [-0.2, 0) is 0 Å². The van der Waals surface area contributed by atoms with Gasteiger partial charge in [0.25, 0.3) is 0 Å². The van der Waals surface area contributed by atoms with Crippen LogP contribution in [0.1, 0.15) is 83.1 Å². The molecule has 0 saturated carbocycles. The number of anilines is 8. The molecule has 0 saturated heterocycles. The molecule has 0 fully saturated rings. The van der Waals surface area contributed by atoms with Crippen molar-refractivity contribution >= 4 is 45.5 Å². The normalized spacial score (nSPS) is 11.4. The maximum absolute atomic E-state index is 16.7. The van der Waals surface area contributed by atoms with E-state index in [2.05, 4.69) is 97.1 Å². The lowest BCUT2D eigenvalue weighted by Crippen LogP contribution is -2.39. The molecular formula is C136H116F8N4. The molecule has 0 radical (unpaired) electrons. The molecule has 0 heterocycles. The van der Waals surface area contributed by atoms with Gasteiger partial charge in [-0.15, -0.1) is 0 Å². The van der Waals surface area contributed by atoms with Gasteiger partial charge in [-0.1, -0.05) is 406 Å². The summed E-state index contributed by atoms with van der Waals surface area (Å²) >= 11 is 0. The second-order valence-corrected chi connectivity index (χ2v) is 40.4. The summed E-state index contributed by atoms with van der Waals surface area (Å²) in [5.74, 6) is -3.12. The van der Waals surface area contributed by atoms with Gasteiger partial charge in [0.2, 0.25) is 0 Å². The molecule has 4 nitrogen and oxygen atoms in total. The van der Waals surface area contributed by atoms with Crippen molar-refractivity contribution in [3.05, 3.63) is 532 Å². The van der Waals surface area contributed by atoms with Crippen molar-refractivity contribution in [3.8, 4) is 134 Å². The molecule has 20 aromatic carbocycles. The molecule has 148 heavy (non-hydrogen) atoms. The highest BCUT2D eigenvalue weighted by molar-refractivity contribution is 5.97. The number of para-hydroxylation sites is 4. The van der Waals surface area contributed by atoms with Crippen LogP contribution in [0, 0.1) is 46.5 Å². The first-order valence-electron chi connectivity index (χ1n) is 49.7. The van der Waals surface area contributed by atoms with Crippen molar-refractivity contribution in [2.75, 3.05) is 19.6 Å². The van der Waals surface area contributed by atoms with Gasteiger partial charge in [-0.3, -0.25) is 0 Å². The summed E-state index contributed by atoms with van der Waals surface area (Å²) in [6.45, 7) is 23.6. The minimum atomic E-state index is -0.614. The summed E-state index contributed by atoms with van der Waals surface area (Å²) in [7, 11) is 0. The second kappa shape index (κ2) is 45.1. The number of benzene rings is 20. The smallest absolute Gasteiger partial charge is 0.155 e. The summed E-state index contributed by atoms with van der Waals surface area (Å²) in [5, 5.41) is 0. The lowest BCUT2D eigenvalue weighted by atomic mass is 9.89. The lowest BCUT2D eigenvalue weighted by Gasteiger charge is -2.40. The average molecular weight is 1960 g/mol. The molecule has 12 heteroatoms. The van der Waals surface area contributed by atoms with E-state index in [1.54, 1.807) is 98.5 Å². The summed E-state index contributed by atoms with van der Waals surface area (Å²) < 4.78 is 126. The van der Waals surface area contributed by atoms with Gasteiger partial charge in [-0.2, -0.15) is 0 Å². The first-order chi connectivity index (χ1) is 71.4. The molecule has 0 N–H and O–H groups in total. The van der Waals surface area contributed by atoms with Crippen molar-refractivity contribution in [3.63, 3.8) is 0 Å². The molecule has 20 rings (SSSR count). The van der Waals surface area contributed by atoms with Crippen LogP contribution < -0.4 is 19.6 Å². The zero-order valence-electron chi connectivity index (χ0n) is 85.0. The largest absolute Gasteiger partial charge is 0.331 e. The Morgan fingerprint density at radius 2 is 0.392 bits per heavy atom. The van der Waals surface area contributed by atoms with E-state index >= 15 is 30.7 Å². The Balaban J connectivity index is 0.000000135. The fraction of sp³-hybridized carbons (Fsp3) is 0.118. The maximum atomic E-state index is 16.7. The van der Waals surface area contributed by atoms with Gasteiger partial charge in [-0.25, -0.2) is 35.1 Å². The molecule has 0 atom stereocenters. The van der Waals surface area contributed by atoms with Crippen LogP contribution in [-0.4, -0.2) is 22.2 Å². The van der Waals surface area contributed by atoms with Crippen molar-refractivity contribution in [2.24, 2.45) is 0 Å². The standard InChI is InChI=1S/4C34H29F2N/c1-34(2,3)37(31-20-11-10-19-29(31)35)33-30(36)22-21-28(32(33)25-15-8-5-9-16-25)27-18-12-17-26(23-27)24-13-6-4-7-14-24;1-34(2,3)37(31-17-11-10-16-30(31)35)32-23-28(22-29(33(32)36)27-14-8-5-9-15-27)26-20-18-25(19-21-26)24-12-6-4-7-13-24;1-34(2,3)37(30-17-11-10-16-29(30)35)31-23-22-28(32(33(31)36)27-14-8-5-9-15-27)26-20-18-25(19-21-26)24-12-6-4-7-13-24;1-34(2,3)37(31-17-11-10-16-30(31)35)33-29(23-22-28(32(33)36)26-14-8-5-9-15-26)27-20-18-25(19-21-27)24-12-6-4-7-13-24/h4*4-23H,1-3H3. The Labute approximate surface area is 865 Å². The molecule has 0 aromatic heterocycles. The number of rotatable bonds is 20. The third-order valence-electron chi connectivity index (χ3n) is 25.9. The van der Waals surface area contributed by atoms with Crippen LogP contribution in [0.4, 0.5) is 80.6 Å². The fourth-order valence-corrected chi connectivity index (χ4v) is 19.2. The molecule has 0 bridgehead atoms. The van der Waals surface area contributed by atoms with E-state index in [0.717, 1.165) is 111 Å². The van der Waals surface area contributed by atoms with E-state index in [0.29, 0.717) is 67.8 Å². The Morgan fingerprint density at radius 1 is 0.135 bits per heavy atom. The Hall–Kier alpha value is -17.0. The van der Waals surface area contributed by atoms with E-state index in [9.17, 15) is 4.39 Å². The topological polar surface area (TPSA) is 13.0 Å². The summed E-state index contributed by atoms with van der Waals surface area (Å²) in [4.78, 5) is 7.06. The zero-order chi connectivity index (χ0) is 104. The highest BCUT2D eigenvalue weighted by atomic mass is 19.2. The number of nitrogens with zero attached hydrogens (tertiary/aromatic N) is 4. The van der Waals surface area contributed by atoms with Crippen LogP contribution in [0.2, 0.25) is 0 Å². The zero-order valence-corrected chi connectivity index (χ0v) is 85.0. The van der Waals surface area contributed by atoms with Gasteiger partial charge in [-0.05, 0) is 268 Å². The van der Waals surface area contributed by atoms with E-state index in [4.69, 9.17) is 0 Å². The van der Waals surface area contributed by atoms with E-state index in [1.807, 2.05) is 362 Å². The van der Waals surface area contributed by atoms with Crippen molar-refractivity contribution in [1.82, 2.24) is 0 Å². The molecular weight excluding hydrogens is 1840 g/mol. The van der Waals surface area contributed by atoms with Gasteiger partial charge in [0.05, 0.1) is 45.5 Å². The summed E-state index contributed by atoms with van der Waals surface area (Å²) in [6, 6.07) is 152. The minimum Gasteiger partial charge on any atom is -0.331 e. The third-order valence-corrected chi connectivity index (χ3v) is 25.9. The predicted octanol–water partition coefficient (Wildman–Crippen LogP) is 39.6. The predicted molar refractivity (Wildman–Crippen MR) is 604 cm³/mol. The number of hydrogen-bond acceptors (Lipinski definition) is 4. The van der Waals surface area contributed by atoms with Crippen molar-refractivity contribution < 1.29 is 35.1 Å². The monoisotopic (exact) mass is 1960 g/mol. The second-order valence-electron chi connectivity index (χ2n) is 40.4. The van der Waals surface area contributed by atoms with E-state index < -0.39 is 51.2 Å². The molecule has 20 aromatic rings. The van der Waals surface area contributed by atoms with Crippen LogP contribution >= 0.6 is 0 Å². The molecule has 0 aliphatic carbocycles. The molecule has 0 spiro atoms. The minimum absolute atomic E-state index is 0.334. The summed E-state index contributed by atoms with van der Waals surface area (Å²) in [6.07, 6.45) is 0. The van der Waals surface area contributed by atoms with Gasteiger partial charge in [0, 0.05) is 50.0 Å². The number of halogens is 8. The fourth-order valence-electron chi connectivity index (χ4n) is 19.2. The van der Waals surface area contributed by atoms with Gasteiger partial charge >= 0.3 is 0 Å². The molecule has 736 valence electrons. The Bertz CT molecular complexity index is 7850. The van der Waals surface area contributed by atoms with Gasteiger partial charge in [0.1, 0.15) is 29.1 Å². The molecule has 0 aliphatic heterocycles. The molecule has 0 amide bonds. The van der Waals surface area contributed by atoms with Crippen molar-refractivity contribution in [2.45, 2.75) is 105 Å². The van der Waals surface area contributed by atoms with Crippen molar-refractivity contribution in [1.29, 1.82) is 0 Å². The maximum Gasteiger partial charge on any atom is 0.155 e. The Morgan fingerprint density at radius 3 is 0.777 bits per heavy atom. The first-order valence-corrected chi connectivity index (χ1v) is 49.7. The highest BCUT2D eigenvalue weighted by Gasteiger charge is 2.37. The van der Waals surface area contributed by atoms with E-state index in [-0.39, 0.29) is 17.5 Å². The molecule has 0 unspecified atom stereocenters. The SMILES string of the molecule is CC(C)(C)N(c1ccccc1F)c1c(-c2ccc(-c3ccccc3)cc2)ccc(-c2ccccc2)c1F.CC(C)(C)N(c1ccccc1F)c1c(F)ccc(-c2cccc(-c3ccccc3)c2)c1-c1ccccc1.CC(C)(C)N(c1ccccc1F)c1cc(-c2ccc(-c3ccccc3)cc2)cc(-c2ccccc2)c1F.CC(C)(C)N(c1ccccc1F)c1ccc(-c2ccc(-c3ccccc3)cc2)c(-c2ccccc2)c1F. The lowest BCUT2D eigenvalue weighted by molar-refractivity contribution is 0.527. The highest BCUT2D eigenvalue weighted by Crippen LogP contribution is 2.52. The van der Waals surface area contributed by atoms with Gasteiger partial charge < -0.3 is 19.6 Å². The van der Waals surface area contributed by atoms with Crippen LogP contribution in [0.3, 0.4) is 0 Å². The average Bonchev–Trinajstić information content (AvgIpc) is 0.780. The first kappa shape index (κ1) is 102. The third kappa shape index (κ3) is 23.2. The summed E-state index contributed by atoms with van der Waals surface area (Å²) in [5.41, 5.74) is 21.5. The Kier molecular flexibility index (Phi) is 31.3. The quantitative estimate of drug-likeness (QED) is 0.0705. The van der Waals surface area contributed by atoms with Crippen LogP contribution in [0.25, 0.3) is 134 Å².